The lowest BCUT2D eigenvalue weighted by Gasteiger charge is -2.08. The molecule has 0 spiro atoms. The first-order chi connectivity index (χ1) is 9.63. The van der Waals surface area contributed by atoms with Crippen LogP contribution in [-0.4, -0.2) is 9.56 Å². The van der Waals surface area contributed by atoms with E-state index in [0.29, 0.717) is 4.99 Å². The smallest absolute Gasteiger partial charge is 0.123 e. The zero-order valence-electron chi connectivity index (χ0n) is 10.9. The number of benzene rings is 2. The summed E-state index contributed by atoms with van der Waals surface area (Å²) in [5, 5.41) is 4.26. The molecule has 1 aromatic heterocycles. The number of anilines is 1. The van der Waals surface area contributed by atoms with Crippen molar-refractivity contribution in [3.8, 4) is 0 Å². The molecule has 100 valence electrons. The van der Waals surface area contributed by atoms with Gasteiger partial charge in [0.2, 0.25) is 0 Å². The number of fused-ring (bicyclic) bond motifs is 1. The van der Waals surface area contributed by atoms with E-state index in [1.807, 2.05) is 31.4 Å². The van der Waals surface area contributed by atoms with Crippen molar-refractivity contribution in [1.29, 1.82) is 0 Å². The van der Waals surface area contributed by atoms with Crippen LogP contribution in [0.5, 0.6) is 0 Å². The van der Waals surface area contributed by atoms with Gasteiger partial charge in [-0.2, -0.15) is 0 Å². The van der Waals surface area contributed by atoms with Gasteiger partial charge in [0, 0.05) is 35.4 Å². The summed E-state index contributed by atoms with van der Waals surface area (Å²) in [6.07, 6.45) is 2.02. The maximum atomic E-state index is 12.9. The molecule has 0 fully saturated rings. The van der Waals surface area contributed by atoms with Crippen molar-refractivity contribution in [1.82, 2.24) is 4.57 Å². The molecule has 2 nitrogen and oxygen atoms in total. The van der Waals surface area contributed by atoms with Crippen LogP contribution in [0.15, 0.2) is 54.7 Å². The third-order valence-electron chi connectivity index (χ3n) is 3.25. The lowest BCUT2D eigenvalue weighted by Crippen LogP contribution is -2.10. The molecule has 0 aliphatic carbocycles. The van der Waals surface area contributed by atoms with Crippen molar-refractivity contribution in [3.05, 3.63) is 66.1 Å². The molecule has 0 saturated carbocycles. The molecule has 0 unspecified atom stereocenters. The van der Waals surface area contributed by atoms with Gasteiger partial charge in [-0.15, -0.1) is 0 Å². The molecule has 20 heavy (non-hydrogen) atoms. The number of aromatic nitrogens is 1. The van der Waals surface area contributed by atoms with Crippen molar-refractivity contribution in [2.24, 2.45) is 7.05 Å². The van der Waals surface area contributed by atoms with Crippen LogP contribution in [0.4, 0.5) is 10.1 Å². The van der Waals surface area contributed by atoms with Crippen molar-refractivity contribution >= 4 is 33.8 Å². The average molecular weight is 284 g/mol. The third kappa shape index (κ3) is 2.42. The molecule has 0 aliphatic rings. The topological polar surface area (TPSA) is 17.0 Å². The Morgan fingerprint density at radius 3 is 2.60 bits per heavy atom. The van der Waals surface area contributed by atoms with Gasteiger partial charge >= 0.3 is 0 Å². The normalized spacial score (nSPS) is 10.7. The van der Waals surface area contributed by atoms with E-state index in [1.54, 1.807) is 12.1 Å². The minimum atomic E-state index is -0.257. The van der Waals surface area contributed by atoms with Gasteiger partial charge in [0.15, 0.2) is 0 Å². The molecule has 0 aliphatic heterocycles. The zero-order valence-corrected chi connectivity index (χ0v) is 11.7. The third-order valence-corrected chi connectivity index (χ3v) is 3.59. The van der Waals surface area contributed by atoms with E-state index in [2.05, 4.69) is 16.0 Å². The van der Waals surface area contributed by atoms with Crippen LogP contribution < -0.4 is 5.32 Å². The molecule has 2 aromatic carbocycles. The molecule has 3 rings (SSSR count). The van der Waals surface area contributed by atoms with Crippen LogP contribution in [0.1, 0.15) is 5.56 Å². The fourth-order valence-corrected chi connectivity index (χ4v) is 2.40. The van der Waals surface area contributed by atoms with Crippen LogP contribution in [-0.2, 0) is 7.05 Å². The Hall–Kier alpha value is -2.20. The second-order valence-corrected chi connectivity index (χ2v) is 5.07. The summed E-state index contributed by atoms with van der Waals surface area (Å²) >= 11 is 5.39. The highest BCUT2D eigenvalue weighted by atomic mass is 32.1. The number of hydrogen-bond donors (Lipinski definition) is 1. The Balaban J connectivity index is 1.86. The van der Waals surface area contributed by atoms with Crippen LogP contribution >= 0.6 is 12.2 Å². The Morgan fingerprint density at radius 1 is 1.10 bits per heavy atom. The van der Waals surface area contributed by atoms with Gasteiger partial charge < -0.3 is 9.88 Å². The maximum absolute atomic E-state index is 12.9. The molecule has 0 amide bonds. The first-order valence-electron chi connectivity index (χ1n) is 6.25. The highest BCUT2D eigenvalue weighted by Gasteiger charge is 2.05. The summed E-state index contributed by atoms with van der Waals surface area (Å²) in [5.74, 6) is -0.257. The molecular formula is C16H13FN2S. The van der Waals surface area contributed by atoms with Gasteiger partial charge in [-0.05, 0) is 48.5 Å². The summed E-state index contributed by atoms with van der Waals surface area (Å²) in [6, 6.07) is 14.3. The molecule has 3 aromatic rings. The number of thiocarbonyl (C=S) groups is 1. The van der Waals surface area contributed by atoms with Crippen LogP contribution in [0.25, 0.3) is 10.9 Å². The second-order valence-electron chi connectivity index (χ2n) is 4.66. The molecule has 0 saturated heterocycles. The molecule has 0 bridgehead atoms. The lowest BCUT2D eigenvalue weighted by atomic mass is 10.1. The minimum Gasteiger partial charge on any atom is -0.351 e. The highest BCUT2D eigenvalue weighted by molar-refractivity contribution is 7.81. The van der Waals surface area contributed by atoms with Gasteiger partial charge in [-0.3, -0.25) is 0 Å². The summed E-state index contributed by atoms with van der Waals surface area (Å²) in [4.78, 5) is 0.627. The van der Waals surface area contributed by atoms with Crippen LogP contribution in [0.3, 0.4) is 0 Å². The number of nitrogens with zero attached hydrogens (tertiary/aromatic N) is 1. The van der Waals surface area contributed by atoms with E-state index in [4.69, 9.17) is 12.2 Å². The van der Waals surface area contributed by atoms with E-state index in [9.17, 15) is 4.39 Å². The first kappa shape index (κ1) is 12.8. The summed E-state index contributed by atoms with van der Waals surface area (Å²) in [5.41, 5.74) is 2.89. The standard InChI is InChI=1S/C16H13FN2S/c1-19-9-8-11-10-12(2-7-15(11)19)16(20)18-14-5-3-13(17)4-6-14/h2-10H,1H3,(H,18,20). The summed E-state index contributed by atoms with van der Waals surface area (Å²) in [6.45, 7) is 0. The first-order valence-corrected chi connectivity index (χ1v) is 6.66. The molecule has 0 atom stereocenters. The molecule has 0 radical (unpaired) electrons. The zero-order chi connectivity index (χ0) is 14.1. The van der Waals surface area contributed by atoms with E-state index >= 15 is 0 Å². The SMILES string of the molecule is Cn1ccc2cc(C(=S)Nc3ccc(F)cc3)ccc21. The Kier molecular flexibility index (Phi) is 3.24. The number of halogens is 1. The molecule has 4 heteroatoms. The predicted molar refractivity (Wildman–Crippen MR) is 84.6 cm³/mol. The van der Waals surface area contributed by atoms with Gasteiger partial charge in [0.25, 0.3) is 0 Å². The van der Waals surface area contributed by atoms with Gasteiger partial charge in [-0.1, -0.05) is 12.2 Å². The number of nitrogens with one attached hydrogen (secondary N) is 1. The Labute approximate surface area is 121 Å². The highest BCUT2D eigenvalue weighted by Crippen LogP contribution is 2.18. The van der Waals surface area contributed by atoms with Crippen molar-refractivity contribution in [2.45, 2.75) is 0 Å². The maximum Gasteiger partial charge on any atom is 0.123 e. The number of hydrogen-bond acceptors (Lipinski definition) is 1. The monoisotopic (exact) mass is 284 g/mol. The Bertz CT molecular complexity index is 775. The lowest BCUT2D eigenvalue weighted by molar-refractivity contribution is 0.628. The molecular weight excluding hydrogens is 271 g/mol. The van der Waals surface area contributed by atoms with E-state index in [1.165, 1.54) is 17.6 Å². The minimum absolute atomic E-state index is 0.257. The summed E-state index contributed by atoms with van der Waals surface area (Å²) < 4.78 is 14.9. The van der Waals surface area contributed by atoms with E-state index in [-0.39, 0.29) is 5.82 Å². The van der Waals surface area contributed by atoms with Gasteiger partial charge in [0.1, 0.15) is 10.8 Å². The fraction of sp³-hybridized carbons (Fsp3) is 0.0625. The van der Waals surface area contributed by atoms with Crippen LogP contribution in [0.2, 0.25) is 0 Å². The quantitative estimate of drug-likeness (QED) is 0.713. The van der Waals surface area contributed by atoms with Gasteiger partial charge in [-0.25, -0.2) is 4.39 Å². The predicted octanol–water partition coefficient (Wildman–Crippen LogP) is 4.11. The fourth-order valence-electron chi connectivity index (χ4n) is 2.16. The van der Waals surface area contributed by atoms with Crippen molar-refractivity contribution < 1.29 is 4.39 Å². The molecule has 1 N–H and O–H groups in total. The largest absolute Gasteiger partial charge is 0.351 e. The van der Waals surface area contributed by atoms with Gasteiger partial charge in [0.05, 0.1) is 0 Å². The summed E-state index contributed by atoms with van der Waals surface area (Å²) in [7, 11) is 2.01. The van der Waals surface area contributed by atoms with Crippen molar-refractivity contribution in [2.75, 3.05) is 5.32 Å². The van der Waals surface area contributed by atoms with Crippen LogP contribution in [0, 0.1) is 5.82 Å². The second kappa shape index (κ2) is 5.06. The van der Waals surface area contributed by atoms with E-state index < -0.39 is 0 Å². The molecule has 1 heterocycles. The van der Waals surface area contributed by atoms with E-state index in [0.717, 1.165) is 16.6 Å². The number of rotatable bonds is 2. The van der Waals surface area contributed by atoms with Crippen molar-refractivity contribution in [3.63, 3.8) is 0 Å². The average Bonchev–Trinajstić information content (AvgIpc) is 2.82. The Morgan fingerprint density at radius 2 is 1.85 bits per heavy atom. The number of aryl methyl sites for hydroxylation is 1.